The number of halogens is 4. The van der Waals surface area contributed by atoms with E-state index in [0.29, 0.717) is 11.1 Å². The second-order valence-corrected chi connectivity index (χ2v) is 7.39. The molecule has 0 saturated carbocycles. The van der Waals surface area contributed by atoms with Gasteiger partial charge in [0.2, 0.25) is 0 Å². The summed E-state index contributed by atoms with van der Waals surface area (Å²) in [4.78, 5) is 4.40. The number of nitrogens with zero attached hydrogens (tertiary/aromatic N) is 1. The number of pyridine rings is 1. The minimum Gasteiger partial charge on any atom is -0.324 e. The monoisotopic (exact) mass is 459 g/mol. The van der Waals surface area contributed by atoms with Gasteiger partial charge in [0.25, 0.3) is 0 Å². The van der Waals surface area contributed by atoms with E-state index in [1.165, 1.54) is 5.56 Å². The van der Waals surface area contributed by atoms with Gasteiger partial charge in [0.15, 0.2) is 0 Å². The van der Waals surface area contributed by atoms with E-state index in [1.54, 1.807) is 6.20 Å². The van der Waals surface area contributed by atoms with Gasteiger partial charge in [-0.2, -0.15) is 0 Å². The lowest BCUT2D eigenvalue weighted by atomic mass is 9.96. The van der Waals surface area contributed by atoms with Crippen molar-refractivity contribution >= 4 is 58.9 Å². The molecule has 3 nitrogen and oxygen atoms in total. The molecule has 152 valence electrons. The molecule has 0 fully saturated rings. The molecule has 0 aliphatic heterocycles. The molecule has 3 rings (SSSR count). The molecule has 0 spiro atoms. The van der Waals surface area contributed by atoms with Gasteiger partial charge in [0.05, 0.1) is 5.52 Å². The molecule has 3 N–H and O–H groups in total. The number of hydrogen-bond donors (Lipinski definition) is 2. The van der Waals surface area contributed by atoms with Gasteiger partial charge in [-0.05, 0) is 54.3 Å². The molecule has 0 aliphatic carbocycles. The fraction of sp³-hybridized carbons (Fsp3) is 0.286. The summed E-state index contributed by atoms with van der Waals surface area (Å²) in [6.45, 7) is 2.98. The third kappa shape index (κ3) is 6.48. The van der Waals surface area contributed by atoms with Gasteiger partial charge in [-0.1, -0.05) is 48.3 Å². The first-order valence-electron chi connectivity index (χ1n) is 8.84. The predicted octanol–water partition coefficient (Wildman–Crippen LogP) is 6.34. The normalized spacial score (nSPS) is 12.7. The van der Waals surface area contributed by atoms with Gasteiger partial charge in [0, 0.05) is 40.3 Å². The highest BCUT2D eigenvalue weighted by atomic mass is 35.5. The Morgan fingerprint density at radius 2 is 1.68 bits per heavy atom. The maximum absolute atomic E-state index is 6.55. The molecule has 0 bridgehead atoms. The minimum atomic E-state index is -0.0654. The topological polar surface area (TPSA) is 50.9 Å². The van der Waals surface area contributed by atoms with E-state index in [2.05, 4.69) is 17.2 Å². The molecule has 1 aromatic heterocycles. The van der Waals surface area contributed by atoms with Gasteiger partial charge < -0.3 is 11.1 Å². The Morgan fingerprint density at radius 1 is 1.00 bits per heavy atom. The molecule has 0 amide bonds. The zero-order valence-electron chi connectivity index (χ0n) is 15.6. The van der Waals surface area contributed by atoms with Crippen molar-refractivity contribution in [3.8, 4) is 0 Å². The van der Waals surface area contributed by atoms with E-state index in [0.717, 1.165) is 40.9 Å². The van der Waals surface area contributed by atoms with Crippen LogP contribution in [0.5, 0.6) is 0 Å². The molecule has 28 heavy (non-hydrogen) atoms. The average molecular weight is 461 g/mol. The van der Waals surface area contributed by atoms with Crippen LogP contribution in [0, 0.1) is 0 Å². The van der Waals surface area contributed by atoms with Crippen LogP contribution in [-0.2, 0) is 6.54 Å². The lowest BCUT2D eigenvalue weighted by molar-refractivity contribution is 0.432. The molecular formula is C21H25Cl4N3. The molecular weight excluding hydrogens is 436 g/mol. The zero-order valence-corrected chi connectivity index (χ0v) is 18.7. The Kier molecular flexibility index (Phi) is 10.5. The van der Waals surface area contributed by atoms with Crippen LogP contribution >= 0.6 is 48.0 Å². The molecule has 0 saturated heterocycles. The van der Waals surface area contributed by atoms with Gasteiger partial charge in [0.1, 0.15) is 0 Å². The number of aromatic nitrogens is 1. The molecule has 0 radical (unpaired) electrons. The zero-order chi connectivity index (χ0) is 18.5. The van der Waals surface area contributed by atoms with Crippen molar-refractivity contribution in [3.05, 3.63) is 75.9 Å². The van der Waals surface area contributed by atoms with Gasteiger partial charge in [-0.15, -0.1) is 24.8 Å². The van der Waals surface area contributed by atoms with Crippen LogP contribution in [0.1, 0.15) is 36.9 Å². The second-order valence-electron chi connectivity index (χ2n) is 6.52. The molecule has 2 aromatic carbocycles. The third-order valence-corrected chi connectivity index (χ3v) is 5.16. The van der Waals surface area contributed by atoms with E-state index in [4.69, 9.17) is 28.9 Å². The molecule has 0 aliphatic rings. The van der Waals surface area contributed by atoms with Crippen LogP contribution in [0.2, 0.25) is 10.0 Å². The number of hydrogen-bond acceptors (Lipinski definition) is 3. The van der Waals surface area contributed by atoms with Crippen molar-refractivity contribution < 1.29 is 0 Å². The van der Waals surface area contributed by atoms with Crippen LogP contribution < -0.4 is 11.1 Å². The molecule has 2 unspecified atom stereocenters. The summed E-state index contributed by atoms with van der Waals surface area (Å²) in [5.74, 6) is 0. The van der Waals surface area contributed by atoms with Gasteiger partial charge in [-0.25, -0.2) is 0 Å². The van der Waals surface area contributed by atoms with Crippen LogP contribution in [-0.4, -0.2) is 11.0 Å². The van der Waals surface area contributed by atoms with Crippen molar-refractivity contribution in [2.75, 3.05) is 0 Å². The van der Waals surface area contributed by atoms with Crippen LogP contribution in [0.4, 0.5) is 0 Å². The Hall–Kier alpha value is -1.07. The maximum Gasteiger partial charge on any atom is 0.0720 e. The fourth-order valence-corrected chi connectivity index (χ4v) is 3.45. The van der Waals surface area contributed by atoms with Crippen molar-refractivity contribution in [1.29, 1.82) is 0 Å². The van der Waals surface area contributed by atoms with Crippen LogP contribution in [0.25, 0.3) is 10.9 Å². The van der Waals surface area contributed by atoms with Crippen LogP contribution in [0.3, 0.4) is 0 Å². The summed E-state index contributed by atoms with van der Waals surface area (Å²) >= 11 is 12.0. The molecule has 3 aromatic rings. The highest BCUT2D eigenvalue weighted by Gasteiger charge is 2.16. The number of benzene rings is 2. The van der Waals surface area contributed by atoms with E-state index >= 15 is 0 Å². The molecule has 7 heteroatoms. The highest BCUT2D eigenvalue weighted by molar-refractivity contribution is 6.31. The quantitative estimate of drug-likeness (QED) is 0.432. The Labute approximate surface area is 188 Å². The standard InChI is InChI=1S/C21H23Cl2N3.2ClH/c1-2-17(26-13-14-3-5-15(22)6-4-14)12-20(24)18-9-10-25-21-11-16(23)7-8-19(18)21;;/h3-11,17,20,26H,2,12-13,24H2,1H3;2*1H. The van der Waals surface area contributed by atoms with E-state index in [1.807, 2.05) is 48.5 Å². The van der Waals surface area contributed by atoms with Gasteiger partial charge in [-0.3, -0.25) is 4.98 Å². The first-order valence-corrected chi connectivity index (χ1v) is 9.60. The van der Waals surface area contributed by atoms with Crippen molar-refractivity contribution in [2.45, 2.75) is 38.4 Å². The van der Waals surface area contributed by atoms with E-state index in [9.17, 15) is 0 Å². The van der Waals surface area contributed by atoms with Crippen LogP contribution in [0.15, 0.2) is 54.7 Å². The number of rotatable bonds is 7. The summed E-state index contributed by atoms with van der Waals surface area (Å²) in [6.07, 6.45) is 3.66. The first-order chi connectivity index (χ1) is 12.6. The predicted molar refractivity (Wildman–Crippen MR) is 125 cm³/mol. The van der Waals surface area contributed by atoms with Gasteiger partial charge >= 0.3 is 0 Å². The third-order valence-electron chi connectivity index (χ3n) is 4.68. The second kappa shape index (κ2) is 11.8. The van der Waals surface area contributed by atoms with E-state index in [-0.39, 0.29) is 30.9 Å². The number of nitrogens with two attached hydrogens (primary N) is 1. The largest absolute Gasteiger partial charge is 0.324 e. The summed E-state index contributed by atoms with van der Waals surface area (Å²) in [6, 6.07) is 16.0. The maximum atomic E-state index is 6.55. The fourth-order valence-electron chi connectivity index (χ4n) is 3.16. The Morgan fingerprint density at radius 3 is 2.36 bits per heavy atom. The summed E-state index contributed by atoms with van der Waals surface area (Å²) in [7, 11) is 0. The van der Waals surface area contributed by atoms with Crippen molar-refractivity contribution in [3.63, 3.8) is 0 Å². The highest BCUT2D eigenvalue weighted by Crippen LogP contribution is 2.27. The lowest BCUT2D eigenvalue weighted by Gasteiger charge is -2.22. The first kappa shape index (κ1) is 25.0. The lowest BCUT2D eigenvalue weighted by Crippen LogP contribution is -2.31. The Bertz CT molecular complexity index is 871. The SMILES string of the molecule is CCC(CC(N)c1ccnc2cc(Cl)ccc12)NCc1ccc(Cl)cc1.Cl.Cl. The summed E-state index contributed by atoms with van der Waals surface area (Å²) in [5.41, 5.74) is 9.75. The van der Waals surface area contributed by atoms with Crippen molar-refractivity contribution in [1.82, 2.24) is 10.3 Å². The number of nitrogens with one attached hydrogen (secondary N) is 1. The molecule has 2 atom stereocenters. The summed E-state index contributed by atoms with van der Waals surface area (Å²) in [5, 5.41) is 6.11. The Balaban J connectivity index is 0.00000196. The minimum absolute atomic E-state index is 0. The summed E-state index contributed by atoms with van der Waals surface area (Å²) < 4.78 is 0. The number of fused-ring (bicyclic) bond motifs is 1. The van der Waals surface area contributed by atoms with E-state index < -0.39 is 0 Å². The average Bonchev–Trinajstić information content (AvgIpc) is 2.65. The van der Waals surface area contributed by atoms with Crippen molar-refractivity contribution in [2.24, 2.45) is 5.73 Å². The smallest absolute Gasteiger partial charge is 0.0720 e. The molecule has 1 heterocycles.